The van der Waals surface area contributed by atoms with E-state index in [4.69, 9.17) is 10.5 Å². The van der Waals surface area contributed by atoms with Crippen LogP contribution in [0.2, 0.25) is 0 Å². The fraction of sp³-hybridized carbons (Fsp3) is 0.381. The summed E-state index contributed by atoms with van der Waals surface area (Å²) in [4.78, 5) is 12.5. The van der Waals surface area contributed by atoms with Gasteiger partial charge in [0.05, 0.1) is 12.6 Å². The number of rotatable bonds is 9. The largest absolute Gasteiger partial charge is 0.487 e. The minimum absolute atomic E-state index is 0.0859. The highest BCUT2D eigenvalue weighted by atomic mass is 79.9. The first-order valence-electron chi connectivity index (χ1n) is 9.28. The lowest BCUT2D eigenvalue weighted by Crippen LogP contribution is -2.39. The van der Waals surface area contributed by atoms with Crippen LogP contribution < -0.4 is 10.5 Å². The highest BCUT2D eigenvalue weighted by Gasteiger charge is 2.22. The van der Waals surface area contributed by atoms with Crippen LogP contribution in [-0.4, -0.2) is 40.4 Å². The van der Waals surface area contributed by atoms with Gasteiger partial charge in [0.25, 0.3) is 0 Å². The lowest BCUT2D eigenvalue weighted by Gasteiger charge is -2.24. The summed E-state index contributed by atoms with van der Waals surface area (Å²) in [5.41, 5.74) is 6.85. The van der Waals surface area contributed by atoms with E-state index >= 15 is 0 Å². The number of amides is 1. The Morgan fingerprint density at radius 2 is 1.93 bits per heavy atom. The van der Waals surface area contributed by atoms with E-state index in [1.807, 2.05) is 44.2 Å². The van der Waals surface area contributed by atoms with Gasteiger partial charge in [-0.1, -0.05) is 60.1 Å². The summed E-state index contributed by atoms with van der Waals surface area (Å²) in [6, 6.07) is 11.0. The van der Waals surface area contributed by atoms with Crippen molar-refractivity contribution in [1.29, 1.82) is 0 Å². The number of nitrogen functional groups attached to an aromatic ring is 1. The van der Waals surface area contributed by atoms with E-state index in [1.165, 1.54) is 0 Å². The van der Waals surface area contributed by atoms with E-state index in [0.29, 0.717) is 4.47 Å². The van der Waals surface area contributed by atoms with Crippen LogP contribution in [0.4, 0.5) is 14.9 Å². The Morgan fingerprint density at radius 1 is 1.28 bits per heavy atom. The minimum Gasteiger partial charge on any atom is -0.487 e. The second-order valence-electron chi connectivity index (χ2n) is 7.28. The lowest BCUT2D eigenvalue weighted by molar-refractivity contribution is 0.0909. The van der Waals surface area contributed by atoms with Gasteiger partial charge in [-0.3, -0.25) is 0 Å². The number of carboxylic acid groups (broad SMARTS) is 1. The number of hydrogen-bond donors (Lipinski definition) is 3. The molecule has 0 saturated heterocycles. The first-order valence-corrected chi connectivity index (χ1v) is 10.1. The molecule has 0 aliphatic carbocycles. The summed E-state index contributed by atoms with van der Waals surface area (Å²) in [6.07, 6.45) is -2.29. The average molecular weight is 469 g/mol. The van der Waals surface area contributed by atoms with Crippen molar-refractivity contribution in [3.63, 3.8) is 0 Å². The molecule has 0 heterocycles. The van der Waals surface area contributed by atoms with Crippen molar-refractivity contribution >= 4 is 27.7 Å². The van der Waals surface area contributed by atoms with Crippen molar-refractivity contribution in [2.45, 2.75) is 33.0 Å². The standard InChI is InChI=1S/C21H26BrFN2O4/c1-13(2)10-25(21(27)28)11-15(26)8-16-17(22)9-18(20(24)19(16)23)29-12-14-6-4-3-5-7-14/h3-7,9,13,15,26H,8,10-12,24H2,1-2H3,(H,27,28). The summed E-state index contributed by atoms with van der Waals surface area (Å²) in [5.74, 6) is -0.380. The second-order valence-corrected chi connectivity index (χ2v) is 8.13. The predicted molar refractivity (Wildman–Crippen MR) is 113 cm³/mol. The number of anilines is 1. The molecule has 0 fully saturated rings. The van der Waals surface area contributed by atoms with Gasteiger partial charge in [0, 0.05) is 23.0 Å². The maximum Gasteiger partial charge on any atom is 0.407 e. The summed E-state index contributed by atoms with van der Waals surface area (Å²) in [6.45, 7) is 4.17. The molecule has 0 spiro atoms. The maximum absolute atomic E-state index is 14.8. The topological polar surface area (TPSA) is 96.0 Å². The van der Waals surface area contributed by atoms with E-state index in [2.05, 4.69) is 15.9 Å². The van der Waals surface area contributed by atoms with E-state index in [1.54, 1.807) is 6.07 Å². The Labute approximate surface area is 178 Å². The van der Waals surface area contributed by atoms with Gasteiger partial charge in [-0.15, -0.1) is 0 Å². The van der Waals surface area contributed by atoms with Crippen molar-refractivity contribution in [2.24, 2.45) is 5.92 Å². The van der Waals surface area contributed by atoms with Crippen molar-refractivity contribution in [3.05, 3.63) is 57.8 Å². The molecule has 2 aromatic carbocycles. The van der Waals surface area contributed by atoms with Crippen molar-refractivity contribution in [1.82, 2.24) is 4.90 Å². The molecule has 2 aromatic rings. The number of carbonyl (C=O) groups is 1. The molecule has 158 valence electrons. The van der Waals surface area contributed by atoms with Crippen LogP contribution in [0, 0.1) is 11.7 Å². The molecule has 1 atom stereocenters. The lowest BCUT2D eigenvalue weighted by atomic mass is 10.0. The number of ether oxygens (including phenoxy) is 1. The fourth-order valence-electron chi connectivity index (χ4n) is 2.92. The zero-order chi connectivity index (χ0) is 21.6. The normalized spacial score (nSPS) is 12.1. The van der Waals surface area contributed by atoms with Crippen molar-refractivity contribution in [3.8, 4) is 5.75 Å². The maximum atomic E-state index is 14.8. The first kappa shape index (κ1) is 23.0. The van der Waals surface area contributed by atoms with Crippen LogP contribution in [0.25, 0.3) is 0 Å². The monoisotopic (exact) mass is 468 g/mol. The van der Waals surface area contributed by atoms with Crippen LogP contribution in [0.15, 0.2) is 40.9 Å². The SMILES string of the molecule is CC(C)CN(CC(O)Cc1c(Br)cc(OCc2ccccc2)c(N)c1F)C(=O)O. The third kappa shape index (κ3) is 6.61. The molecule has 0 aliphatic rings. The number of aliphatic hydroxyl groups is 1. The highest BCUT2D eigenvalue weighted by molar-refractivity contribution is 9.10. The Hall–Kier alpha value is -2.32. The molecule has 8 heteroatoms. The molecular weight excluding hydrogens is 443 g/mol. The average Bonchev–Trinajstić information content (AvgIpc) is 2.67. The van der Waals surface area contributed by atoms with Crippen LogP contribution in [0.3, 0.4) is 0 Å². The molecule has 0 aromatic heterocycles. The molecule has 4 N–H and O–H groups in total. The van der Waals surface area contributed by atoms with Gasteiger partial charge in [-0.05, 0) is 17.5 Å². The van der Waals surface area contributed by atoms with Crippen LogP contribution >= 0.6 is 15.9 Å². The number of nitrogens with two attached hydrogens (primary N) is 1. The smallest absolute Gasteiger partial charge is 0.407 e. The van der Waals surface area contributed by atoms with Gasteiger partial charge in [0.2, 0.25) is 0 Å². The number of halogens is 2. The van der Waals surface area contributed by atoms with Crippen molar-refractivity contribution < 1.29 is 24.1 Å². The Bertz CT molecular complexity index is 833. The van der Waals surface area contributed by atoms with E-state index in [9.17, 15) is 19.4 Å². The second kappa shape index (κ2) is 10.5. The summed E-state index contributed by atoms with van der Waals surface area (Å²) in [5, 5.41) is 19.6. The fourth-order valence-corrected chi connectivity index (χ4v) is 3.47. The van der Waals surface area contributed by atoms with E-state index < -0.39 is 18.0 Å². The molecular formula is C21H26BrFN2O4. The summed E-state index contributed by atoms with van der Waals surface area (Å²) >= 11 is 3.31. The van der Waals surface area contributed by atoms with Gasteiger partial charge in [0.15, 0.2) is 5.82 Å². The Morgan fingerprint density at radius 3 is 2.52 bits per heavy atom. The number of hydrogen-bond acceptors (Lipinski definition) is 4. The molecule has 0 saturated carbocycles. The summed E-state index contributed by atoms with van der Waals surface area (Å²) in [7, 11) is 0. The summed E-state index contributed by atoms with van der Waals surface area (Å²) < 4.78 is 20.9. The molecule has 0 radical (unpaired) electrons. The number of aliphatic hydroxyl groups excluding tert-OH is 1. The molecule has 0 bridgehead atoms. The van der Waals surface area contributed by atoms with Gasteiger partial charge in [0.1, 0.15) is 18.0 Å². The van der Waals surface area contributed by atoms with E-state index in [0.717, 1.165) is 10.5 Å². The molecule has 0 aliphatic heterocycles. The Kier molecular flexibility index (Phi) is 8.28. The zero-order valence-electron chi connectivity index (χ0n) is 16.4. The zero-order valence-corrected chi connectivity index (χ0v) is 18.0. The van der Waals surface area contributed by atoms with Crippen LogP contribution in [-0.2, 0) is 13.0 Å². The van der Waals surface area contributed by atoms with Gasteiger partial charge in [-0.2, -0.15) is 0 Å². The number of benzene rings is 2. The van der Waals surface area contributed by atoms with Crippen LogP contribution in [0.5, 0.6) is 5.75 Å². The molecule has 1 amide bonds. The van der Waals surface area contributed by atoms with Gasteiger partial charge >= 0.3 is 6.09 Å². The minimum atomic E-state index is -1.12. The predicted octanol–water partition coefficient (Wildman–Crippen LogP) is 4.29. The van der Waals surface area contributed by atoms with Gasteiger partial charge < -0.3 is 25.6 Å². The molecule has 6 nitrogen and oxygen atoms in total. The third-order valence-corrected chi connectivity index (χ3v) is 4.98. The Balaban J connectivity index is 2.11. The van der Waals surface area contributed by atoms with E-state index in [-0.39, 0.29) is 49.0 Å². The van der Waals surface area contributed by atoms with Crippen LogP contribution in [0.1, 0.15) is 25.0 Å². The number of nitrogens with zero attached hydrogens (tertiary/aromatic N) is 1. The van der Waals surface area contributed by atoms with Gasteiger partial charge in [-0.25, -0.2) is 9.18 Å². The molecule has 29 heavy (non-hydrogen) atoms. The van der Waals surface area contributed by atoms with Crippen molar-refractivity contribution in [2.75, 3.05) is 18.8 Å². The third-order valence-electron chi connectivity index (χ3n) is 4.28. The molecule has 1 unspecified atom stereocenters. The quantitative estimate of drug-likeness (QED) is 0.477. The molecule has 2 rings (SSSR count). The first-order chi connectivity index (χ1) is 13.7. The highest BCUT2D eigenvalue weighted by Crippen LogP contribution is 2.34.